The van der Waals surface area contributed by atoms with E-state index >= 15 is 0 Å². The fraction of sp³-hybridized carbons (Fsp3) is 0.462. The summed E-state index contributed by atoms with van der Waals surface area (Å²) in [4.78, 5) is 23.6. The molecule has 0 heterocycles. The molecule has 2 rings (SSSR count). The largest absolute Gasteiger partial charge is 0.502 e. The third kappa shape index (κ3) is 2.83. The monoisotopic (exact) mass is 264 g/mol. The summed E-state index contributed by atoms with van der Waals surface area (Å²) in [5.74, 6) is 0.481. The van der Waals surface area contributed by atoms with E-state index in [9.17, 15) is 20.0 Å². The maximum absolute atomic E-state index is 12.1. The lowest BCUT2D eigenvalue weighted by Gasteiger charge is -2.17. The quantitative estimate of drug-likeness (QED) is 0.666. The standard InChI is InChI=1S/C13H16N2O4/c1-8-5-10(8)7-14(2)13(17)9-3-4-11(15(18)19)12(16)6-9/h3-4,6,8,10,16H,5,7H2,1-2H3. The van der Waals surface area contributed by atoms with Crippen molar-refractivity contribution >= 4 is 11.6 Å². The summed E-state index contributed by atoms with van der Waals surface area (Å²) in [6.07, 6.45) is 1.13. The molecule has 1 aliphatic carbocycles. The first-order valence-corrected chi connectivity index (χ1v) is 6.13. The number of nitrogens with zero attached hydrogens (tertiary/aromatic N) is 2. The van der Waals surface area contributed by atoms with Gasteiger partial charge in [0.15, 0.2) is 5.75 Å². The first-order chi connectivity index (χ1) is 8.90. The van der Waals surface area contributed by atoms with E-state index in [0.29, 0.717) is 18.4 Å². The number of benzene rings is 1. The van der Waals surface area contributed by atoms with Gasteiger partial charge in [0.1, 0.15) is 0 Å². The summed E-state index contributed by atoms with van der Waals surface area (Å²) < 4.78 is 0. The minimum Gasteiger partial charge on any atom is -0.502 e. The Morgan fingerprint density at radius 2 is 2.21 bits per heavy atom. The molecule has 1 amide bonds. The van der Waals surface area contributed by atoms with Crippen LogP contribution in [0.4, 0.5) is 5.69 Å². The Morgan fingerprint density at radius 3 is 2.68 bits per heavy atom. The zero-order valence-corrected chi connectivity index (χ0v) is 10.9. The molecule has 19 heavy (non-hydrogen) atoms. The zero-order valence-electron chi connectivity index (χ0n) is 10.9. The Balaban J connectivity index is 2.10. The third-order valence-electron chi connectivity index (χ3n) is 3.55. The second-order valence-electron chi connectivity index (χ2n) is 5.12. The summed E-state index contributed by atoms with van der Waals surface area (Å²) >= 11 is 0. The van der Waals surface area contributed by atoms with Crippen molar-refractivity contribution in [3.05, 3.63) is 33.9 Å². The van der Waals surface area contributed by atoms with Gasteiger partial charge in [0.05, 0.1) is 4.92 Å². The molecule has 1 aromatic carbocycles. The van der Waals surface area contributed by atoms with Crippen LogP contribution >= 0.6 is 0 Å². The average molecular weight is 264 g/mol. The summed E-state index contributed by atoms with van der Waals surface area (Å²) in [7, 11) is 1.70. The van der Waals surface area contributed by atoms with E-state index < -0.39 is 16.4 Å². The maximum atomic E-state index is 12.1. The van der Waals surface area contributed by atoms with Gasteiger partial charge in [-0.15, -0.1) is 0 Å². The lowest BCUT2D eigenvalue weighted by atomic mass is 10.1. The number of hydrogen-bond acceptors (Lipinski definition) is 4. The Bertz CT molecular complexity index is 529. The predicted molar refractivity (Wildman–Crippen MR) is 69.0 cm³/mol. The number of aromatic hydroxyl groups is 1. The smallest absolute Gasteiger partial charge is 0.310 e. The highest BCUT2D eigenvalue weighted by molar-refractivity contribution is 5.94. The Hall–Kier alpha value is -2.11. The molecule has 1 fully saturated rings. The summed E-state index contributed by atoms with van der Waals surface area (Å²) in [5.41, 5.74) is -0.131. The predicted octanol–water partition coefficient (Wildman–Crippen LogP) is 2.03. The van der Waals surface area contributed by atoms with E-state index in [1.165, 1.54) is 6.07 Å². The van der Waals surface area contributed by atoms with Crippen molar-refractivity contribution in [2.75, 3.05) is 13.6 Å². The van der Waals surface area contributed by atoms with E-state index in [1.54, 1.807) is 11.9 Å². The van der Waals surface area contributed by atoms with Gasteiger partial charge in [-0.3, -0.25) is 14.9 Å². The molecule has 2 atom stereocenters. The molecule has 0 bridgehead atoms. The topological polar surface area (TPSA) is 83.7 Å². The van der Waals surface area contributed by atoms with Crippen molar-refractivity contribution in [1.29, 1.82) is 0 Å². The molecule has 6 nitrogen and oxygen atoms in total. The van der Waals surface area contributed by atoms with Gasteiger partial charge >= 0.3 is 5.69 Å². The number of phenolic OH excluding ortho intramolecular Hbond substituents is 1. The molecule has 102 valence electrons. The molecule has 1 saturated carbocycles. The molecule has 0 radical (unpaired) electrons. The Labute approximate surface area is 110 Å². The number of carbonyl (C=O) groups is 1. The average Bonchev–Trinajstić information content (AvgIpc) is 3.03. The number of hydrogen-bond donors (Lipinski definition) is 1. The SMILES string of the molecule is CC1CC1CN(C)C(=O)c1ccc([N+](=O)[O-])c(O)c1. The van der Waals surface area contributed by atoms with Crippen LogP contribution in [0.1, 0.15) is 23.7 Å². The van der Waals surface area contributed by atoms with Crippen LogP contribution in [0.2, 0.25) is 0 Å². The molecule has 1 aromatic rings. The van der Waals surface area contributed by atoms with E-state index in [4.69, 9.17) is 0 Å². The van der Waals surface area contributed by atoms with Crippen LogP contribution in [0.3, 0.4) is 0 Å². The molecule has 1 N–H and O–H groups in total. The fourth-order valence-corrected chi connectivity index (χ4v) is 2.12. The van der Waals surface area contributed by atoms with Gasteiger partial charge in [-0.05, 0) is 30.4 Å². The number of rotatable bonds is 4. The van der Waals surface area contributed by atoms with Crippen molar-refractivity contribution in [2.24, 2.45) is 11.8 Å². The highest BCUT2D eigenvalue weighted by atomic mass is 16.6. The first-order valence-electron chi connectivity index (χ1n) is 6.13. The van der Waals surface area contributed by atoms with Gasteiger partial charge in [0.25, 0.3) is 5.91 Å². The number of phenols is 1. The Kier molecular flexibility index (Phi) is 3.42. The van der Waals surface area contributed by atoms with E-state index in [-0.39, 0.29) is 11.5 Å². The molecular weight excluding hydrogens is 248 g/mol. The van der Waals surface area contributed by atoms with Crippen LogP contribution in [-0.4, -0.2) is 34.4 Å². The van der Waals surface area contributed by atoms with Gasteiger partial charge in [0, 0.05) is 25.2 Å². The highest BCUT2D eigenvalue weighted by Gasteiger charge is 2.34. The van der Waals surface area contributed by atoms with Crippen LogP contribution < -0.4 is 0 Å². The van der Waals surface area contributed by atoms with Gasteiger partial charge in [-0.1, -0.05) is 6.92 Å². The minimum atomic E-state index is -0.681. The first kappa shape index (κ1) is 13.3. The van der Waals surface area contributed by atoms with E-state index in [1.807, 2.05) is 0 Å². The molecule has 2 unspecified atom stereocenters. The van der Waals surface area contributed by atoms with E-state index in [2.05, 4.69) is 6.92 Å². The molecular formula is C13H16N2O4. The van der Waals surface area contributed by atoms with Crippen molar-refractivity contribution in [1.82, 2.24) is 4.90 Å². The number of nitro groups is 1. The van der Waals surface area contributed by atoms with Crippen molar-refractivity contribution < 1.29 is 14.8 Å². The van der Waals surface area contributed by atoms with Gasteiger partial charge in [0.2, 0.25) is 0 Å². The normalized spacial score (nSPS) is 20.9. The molecule has 0 spiro atoms. The van der Waals surface area contributed by atoms with Gasteiger partial charge in [-0.25, -0.2) is 0 Å². The lowest BCUT2D eigenvalue weighted by molar-refractivity contribution is -0.385. The second-order valence-corrected chi connectivity index (χ2v) is 5.12. The molecule has 0 saturated heterocycles. The van der Waals surface area contributed by atoms with Crippen LogP contribution in [0, 0.1) is 22.0 Å². The zero-order chi connectivity index (χ0) is 14.2. The van der Waals surface area contributed by atoms with Crippen LogP contribution in [0.15, 0.2) is 18.2 Å². The maximum Gasteiger partial charge on any atom is 0.310 e. The number of nitro benzene ring substituents is 1. The van der Waals surface area contributed by atoms with Crippen molar-refractivity contribution in [2.45, 2.75) is 13.3 Å². The second kappa shape index (κ2) is 4.87. The number of amides is 1. The van der Waals surface area contributed by atoms with Gasteiger partial charge in [-0.2, -0.15) is 0 Å². The number of carbonyl (C=O) groups excluding carboxylic acids is 1. The molecule has 0 aromatic heterocycles. The van der Waals surface area contributed by atoms with E-state index in [0.717, 1.165) is 18.6 Å². The van der Waals surface area contributed by atoms with Gasteiger partial charge < -0.3 is 10.0 Å². The fourth-order valence-electron chi connectivity index (χ4n) is 2.12. The summed E-state index contributed by atoms with van der Waals surface area (Å²) in [6, 6.07) is 3.66. The Morgan fingerprint density at radius 1 is 1.58 bits per heavy atom. The molecule has 6 heteroatoms. The lowest BCUT2D eigenvalue weighted by Crippen LogP contribution is -2.29. The molecule has 1 aliphatic rings. The van der Waals surface area contributed by atoms with Crippen LogP contribution in [-0.2, 0) is 0 Å². The minimum absolute atomic E-state index is 0.232. The van der Waals surface area contributed by atoms with Crippen molar-refractivity contribution in [3.63, 3.8) is 0 Å². The van der Waals surface area contributed by atoms with Crippen LogP contribution in [0.25, 0.3) is 0 Å². The van der Waals surface area contributed by atoms with Crippen LogP contribution in [0.5, 0.6) is 5.75 Å². The highest BCUT2D eigenvalue weighted by Crippen LogP contribution is 2.38. The summed E-state index contributed by atoms with van der Waals surface area (Å²) in [6.45, 7) is 2.82. The molecule has 0 aliphatic heterocycles. The summed E-state index contributed by atoms with van der Waals surface area (Å²) in [5, 5.41) is 20.1. The van der Waals surface area contributed by atoms with Crippen molar-refractivity contribution in [3.8, 4) is 5.75 Å². The third-order valence-corrected chi connectivity index (χ3v) is 3.55.